The molecule has 7 heterocycles. The zero-order valence-electron chi connectivity index (χ0n) is 56.0. The molecule has 0 saturated heterocycles. The third-order valence-electron chi connectivity index (χ3n) is 22.2. The Morgan fingerprint density at radius 3 is 1.06 bits per heavy atom. The number of hydrogen-bond acceptors (Lipinski definition) is 5. The summed E-state index contributed by atoms with van der Waals surface area (Å²) in [6, 6.07) is 131. The molecule has 16 aromatic carbocycles. The van der Waals surface area contributed by atoms with Crippen molar-refractivity contribution in [3.63, 3.8) is 0 Å². The third-order valence-corrected chi connectivity index (χ3v) is 25.6. The van der Waals surface area contributed by atoms with E-state index in [9.17, 15) is 0 Å². The lowest BCUT2D eigenvalue weighted by Gasteiger charge is -2.45. The van der Waals surface area contributed by atoms with Crippen LogP contribution in [0.15, 0.2) is 346 Å². The van der Waals surface area contributed by atoms with Crippen molar-refractivity contribution in [3.8, 4) is 55.9 Å². The minimum atomic E-state index is -0.246. The number of para-hydroxylation sites is 1. The molecule has 0 fully saturated rings. The Morgan fingerprint density at radius 1 is 0.202 bits per heavy atom. The monoisotopic (exact) mass is 1370 g/mol. The normalized spacial score (nSPS) is 12.8. The molecule has 5 aromatic heterocycles. The number of fused-ring (bicyclic) bond motifs is 19. The molecule has 0 amide bonds. The van der Waals surface area contributed by atoms with Crippen molar-refractivity contribution >= 4 is 195 Å². The molecule has 0 unspecified atom stereocenters. The van der Waals surface area contributed by atoms with Crippen molar-refractivity contribution in [2.24, 2.45) is 0 Å². The molecule has 0 radical (unpaired) electrons. The summed E-state index contributed by atoms with van der Waals surface area (Å²) in [5.41, 5.74) is 27.1. The van der Waals surface area contributed by atoms with E-state index in [4.69, 9.17) is 0 Å². The first kappa shape index (κ1) is 58.1. The summed E-state index contributed by atoms with van der Waals surface area (Å²) in [5.74, 6) is 0. The van der Waals surface area contributed by atoms with Crippen LogP contribution in [0.5, 0.6) is 0 Å². The minimum Gasteiger partial charge on any atom is -0.311 e. The lowest BCUT2D eigenvalue weighted by atomic mass is 9.33. The van der Waals surface area contributed by atoms with Crippen molar-refractivity contribution in [1.29, 1.82) is 0 Å². The number of rotatable bonds is 8. The van der Waals surface area contributed by atoms with Crippen molar-refractivity contribution in [2.45, 2.75) is 0 Å². The molecule has 4 nitrogen and oxygen atoms in total. The topological polar surface area (TPSA) is 16.3 Å². The summed E-state index contributed by atoms with van der Waals surface area (Å²) < 4.78 is 12.7. The molecule has 21 aromatic rings. The van der Waals surface area contributed by atoms with E-state index in [0.29, 0.717) is 0 Å². The van der Waals surface area contributed by atoms with E-state index in [1.807, 2.05) is 34.0 Å². The van der Waals surface area contributed by atoms with Crippen LogP contribution in [0, 0.1) is 0 Å². The van der Waals surface area contributed by atoms with E-state index in [-0.39, 0.29) is 6.71 Å². The summed E-state index contributed by atoms with van der Waals surface area (Å²) in [7, 11) is 0. The molecule has 23 rings (SSSR count). The number of nitrogens with zero attached hydrogens (tertiary/aromatic N) is 4. The first-order valence-corrected chi connectivity index (χ1v) is 38.1. The number of benzene rings is 16. The van der Waals surface area contributed by atoms with Gasteiger partial charge in [0.05, 0.1) is 39.1 Å². The predicted octanol–water partition coefficient (Wildman–Crippen LogP) is 25.7. The molecular formula is C96H57BN4S3. The van der Waals surface area contributed by atoms with Crippen LogP contribution in [-0.2, 0) is 0 Å². The van der Waals surface area contributed by atoms with Crippen LogP contribution in [0.25, 0.3) is 160 Å². The fraction of sp³-hybridized carbons (Fsp3) is 0. The molecule has 0 aliphatic carbocycles. The van der Waals surface area contributed by atoms with Crippen molar-refractivity contribution in [2.75, 3.05) is 9.80 Å². The lowest BCUT2D eigenvalue weighted by Crippen LogP contribution is -2.61. The van der Waals surface area contributed by atoms with Crippen LogP contribution in [0.4, 0.5) is 34.1 Å². The molecule has 0 atom stereocenters. The van der Waals surface area contributed by atoms with E-state index in [0.717, 1.165) is 56.4 Å². The number of thiophene rings is 3. The Hall–Kier alpha value is -12.6. The molecule has 0 saturated carbocycles. The Bertz CT molecular complexity index is 7060. The van der Waals surface area contributed by atoms with E-state index < -0.39 is 0 Å². The first-order valence-electron chi connectivity index (χ1n) is 35.6. The SMILES string of the molecule is c1ccc(-c2ccc3sc4cc5c(cc4c3c2)N(c2cccc3sc4ccccc4c23)c2cc(-n3c4ccc(-c6ccccc6)cc4c4cc(-c6ccccc6)ccc43)cc3c2B5c2cc4c(cc2N3c2cccc3sc5ccccc5c23)c2cc(-c3ccccc3)ccc2n4-c2ccccc2)cc1. The van der Waals surface area contributed by atoms with E-state index in [1.54, 1.807) is 0 Å². The summed E-state index contributed by atoms with van der Waals surface area (Å²) in [6.45, 7) is -0.246. The van der Waals surface area contributed by atoms with Gasteiger partial charge in [0.2, 0.25) is 0 Å². The molecule has 0 bridgehead atoms. The average molecular weight is 1370 g/mol. The molecule has 2 aliphatic rings. The van der Waals surface area contributed by atoms with Crippen LogP contribution in [0.1, 0.15) is 0 Å². The van der Waals surface area contributed by atoms with Gasteiger partial charge in [-0.05, 0) is 194 Å². The molecule has 482 valence electrons. The van der Waals surface area contributed by atoms with Gasteiger partial charge in [0, 0.05) is 110 Å². The lowest BCUT2D eigenvalue weighted by molar-refractivity contribution is 1.16. The van der Waals surface area contributed by atoms with Gasteiger partial charge in [-0.2, -0.15) is 0 Å². The van der Waals surface area contributed by atoms with Gasteiger partial charge in [0.1, 0.15) is 0 Å². The molecule has 8 heteroatoms. The molecule has 0 N–H and O–H groups in total. The predicted molar refractivity (Wildman–Crippen MR) is 450 cm³/mol. The number of hydrogen-bond donors (Lipinski definition) is 0. The maximum Gasteiger partial charge on any atom is 0.252 e. The Morgan fingerprint density at radius 2 is 0.567 bits per heavy atom. The number of anilines is 6. The van der Waals surface area contributed by atoms with E-state index in [2.05, 4.69) is 365 Å². The van der Waals surface area contributed by atoms with Crippen molar-refractivity contribution < 1.29 is 0 Å². The Kier molecular flexibility index (Phi) is 12.6. The van der Waals surface area contributed by atoms with Crippen LogP contribution < -0.4 is 26.2 Å². The highest BCUT2D eigenvalue weighted by molar-refractivity contribution is 7.27. The average Bonchev–Trinajstić information content (AvgIpc) is 1.14. The van der Waals surface area contributed by atoms with Gasteiger partial charge in [-0.1, -0.05) is 212 Å². The zero-order valence-corrected chi connectivity index (χ0v) is 58.4. The minimum absolute atomic E-state index is 0.246. The second-order valence-corrected chi connectivity index (χ2v) is 31.1. The highest BCUT2D eigenvalue weighted by Gasteiger charge is 2.46. The summed E-state index contributed by atoms with van der Waals surface area (Å²) in [6.07, 6.45) is 0. The van der Waals surface area contributed by atoms with Crippen LogP contribution >= 0.6 is 34.0 Å². The fourth-order valence-electron chi connectivity index (χ4n) is 17.7. The first-order chi connectivity index (χ1) is 51.6. The largest absolute Gasteiger partial charge is 0.311 e. The van der Waals surface area contributed by atoms with E-state index in [1.165, 1.54) is 154 Å². The van der Waals surface area contributed by atoms with Gasteiger partial charge < -0.3 is 18.9 Å². The maximum absolute atomic E-state index is 2.71. The van der Waals surface area contributed by atoms with Gasteiger partial charge in [0.15, 0.2) is 0 Å². The van der Waals surface area contributed by atoms with Crippen molar-refractivity contribution in [1.82, 2.24) is 9.13 Å². The smallest absolute Gasteiger partial charge is 0.252 e. The number of aromatic nitrogens is 2. The van der Waals surface area contributed by atoms with Crippen LogP contribution in [0.2, 0.25) is 0 Å². The van der Waals surface area contributed by atoms with Crippen LogP contribution in [-0.4, -0.2) is 15.8 Å². The summed E-state index contributed by atoms with van der Waals surface area (Å²) >= 11 is 5.68. The second-order valence-electron chi connectivity index (χ2n) is 27.8. The molecule has 0 spiro atoms. The highest BCUT2D eigenvalue weighted by atomic mass is 32.1. The molecule has 2 aliphatic heterocycles. The standard InChI is InChI=1S/C96H57BN4S3/c1-6-22-58(23-7-1)62-41-45-79-70(48-62)71-49-63(59-24-8-2-9-25-59)42-46-80(71)99(79)67-52-86-96-87(53-67)101(82-35-21-39-92-95(82)69-33-17-19-37-89(69)103-92)85-55-75-74-51-65(61-28-12-4-13-29-61)43-47-90(74)104-93(75)57-77(85)97(96)76-56-83-73(54-84(76)100(86)81-34-20-38-91-94(81)68-32-16-18-36-88(68)102-91)72-50-64(60-26-10-3-11-27-60)40-44-78(72)98(83)66-30-14-5-15-31-66/h1-57H. The maximum atomic E-state index is 2.71. The fourth-order valence-corrected chi connectivity index (χ4v) is 21.1. The molecule has 104 heavy (non-hydrogen) atoms. The summed E-state index contributed by atoms with van der Waals surface area (Å²) in [5, 5.41) is 12.3. The molecular weight excluding hydrogens is 1320 g/mol. The summed E-state index contributed by atoms with van der Waals surface area (Å²) in [4.78, 5) is 5.42. The van der Waals surface area contributed by atoms with E-state index >= 15 is 0 Å². The van der Waals surface area contributed by atoms with Crippen molar-refractivity contribution in [3.05, 3.63) is 346 Å². The quantitative estimate of drug-likeness (QED) is 0.141. The third kappa shape index (κ3) is 8.59. The van der Waals surface area contributed by atoms with Gasteiger partial charge in [-0.15, -0.1) is 34.0 Å². The van der Waals surface area contributed by atoms with Gasteiger partial charge >= 0.3 is 0 Å². The Balaban J connectivity index is 0.904. The zero-order chi connectivity index (χ0) is 67.8. The van der Waals surface area contributed by atoms with Crippen LogP contribution in [0.3, 0.4) is 0 Å². The Labute approximate surface area is 611 Å². The highest BCUT2D eigenvalue weighted by Crippen LogP contribution is 2.54. The van der Waals surface area contributed by atoms with Gasteiger partial charge in [0.25, 0.3) is 6.71 Å². The van der Waals surface area contributed by atoms with Gasteiger partial charge in [-0.3, -0.25) is 0 Å². The second kappa shape index (κ2) is 22.5. The van der Waals surface area contributed by atoms with Gasteiger partial charge in [-0.25, -0.2) is 0 Å².